The summed E-state index contributed by atoms with van der Waals surface area (Å²) in [5.74, 6) is 0.0823. The molecular formula is C14H23ClN2O2. The molecule has 108 valence electrons. The second-order valence-corrected chi connectivity index (χ2v) is 4.65. The molecule has 0 spiro atoms. The highest BCUT2D eigenvalue weighted by Crippen LogP contribution is 2.13. The quantitative estimate of drug-likeness (QED) is 0.785. The molecule has 5 heteroatoms. The fourth-order valence-corrected chi connectivity index (χ4v) is 1.70. The first-order valence-electron chi connectivity index (χ1n) is 6.26. The highest BCUT2D eigenvalue weighted by molar-refractivity contribution is 5.85. The van der Waals surface area contributed by atoms with Gasteiger partial charge in [0.1, 0.15) is 0 Å². The van der Waals surface area contributed by atoms with Crippen LogP contribution in [0.2, 0.25) is 0 Å². The first kappa shape index (κ1) is 17.7. The maximum Gasteiger partial charge on any atom is 0.222 e. The Morgan fingerprint density at radius 3 is 2.63 bits per heavy atom. The third kappa shape index (κ3) is 6.45. The van der Waals surface area contributed by atoms with Crippen molar-refractivity contribution in [2.24, 2.45) is 0 Å². The Bertz CT molecular complexity index is 397. The van der Waals surface area contributed by atoms with Gasteiger partial charge in [0.2, 0.25) is 5.91 Å². The van der Waals surface area contributed by atoms with E-state index in [1.807, 2.05) is 24.3 Å². The number of amides is 1. The Balaban J connectivity index is 0.00000324. The Morgan fingerprint density at radius 1 is 1.42 bits per heavy atom. The molecule has 0 saturated carbocycles. The number of nitrogen functional groups attached to an aromatic ring is 1. The van der Waals surface area contributed by atoms with Crippen molar-refractivity contribution in [3.05, 3.63) is 29.8 Å². The van der Waals surface area contributed by atoms with Crippen molar-refractivity contribution < 1.29 is 9.90 Å². The highest BCUT2D eigenvalue weighted by atomic mass is 35.5. The summed E-state index contributed by atoms with van der Waals surface area (Å²) in [6.07, 6.45) is 1.34. The summed E-state index contributed by atoms with van der Waals surface area (Å²) in [7, 11) is 1.76. The lowest BCUT2D eigenvalue weighted by molar-refractivity contribution is -0.130. The zero-order chi connectivity index (χ0) is 13.5. The second kappa shape index (κ2) is 8.77. The van der Waals surface area contributed by atoms with Crippen LogP contribution >= 0.6 is 12.4 Å². The van der Waals surface area contributed by atoms with Crippen LogP contribution in [-0.2, 0) is 11.2 Å². The monoisotopic (exact) mass is 286 g/mol. The number of nitrogens with two attached hydrogens (primary N) is 1. The molecule has 1 aromatic rings. The number of benzene rings is 1. The smallest absolute Gasteiger partial charge is 0.222 e. The van der Waals surface area contributed by atoms with Gasteiger partial charge in [-0.15, -0.1) is 12.4 Å². The molecule has 0 fully saturated rings. The first-order chi connectivity index (χ1) is 8.50. The number of para-hydroxylation sites is 1. The fraction of sp³-hybridized carbons (Fsp3) is 0.500. The molecule has 19 heavy (non-hydrogen) atoms. The predicted octanol–water partition coefficient (Wildman–Crippen LogP) is 1.85. The normalized spacial score (nSPS) is 11.5. The van der Waals surface area contributed by atoms with E-state index in [0.717, 1.165) is 11.3 Å². The number of aryl methyl sites for hydroxylation is 1. The molecular weight excluding hydrogens is 264 g/mol. The van der Waals surface area contributed by atoms with E-state index in [2.05, 4.69) is 0 Å². The highest BCUT2D eigenvalue weighted by Gasteiger charge is 2.10. The Labute approximate surface area is 121 Å². The number of rotatable bonds is 6. The van der Waals surface area contributed by atoms with Gasteiger partial charge in [0, 0.05) is 25.7 Å². The van der Waals surface area contributed by atoms with Crippen molar-refractivity contribution in [3.63, 3.8) is 0 Å². The van der Waals surface area contributed by atoms with E-state index < -0.39 is 0 Å². The topological polar surface area (TPSA) is 66.6 Å². The van der Waals surface area contributed by atoms with Gasteiger partial charge in [-0.3, -0.25) is 4.79 Å². The van der Waals surface area contributed by atoms with Gasteiger partial charge in [-0.25, -0.2) is 0 Å². The molecule has 1 rings (SSSR count). The Kier molecular flexibility index (Phi) is 8.19. The summed E-state index contributed by atoms with van der Waals surface area (Å²) in [5.41, 5.74) is 7.57. The SMILES string of the molecule is CC(O)CCN(C)C(=O)CCc1ccccc1N.Cl. The van der Waals surface area contributed by atoms with Gasteiger partial charge in [-0.05, 0) is 31.4 Å². The summed E-state index contributed by atoms with van der Waals surface area (Å²) in [4.78, 5) is 13.5. The van der Waals surface area contributed by atoms with Crippen molar-refractivity contribution in [2.75, 3.05) is 19.3 Å². The van der Waals surface area contributed by atoms with Crippen molar-refractivity contribution in [1.82, 2.24) is 4.90 Å². The molecule has 0 aromatic heterocycles. The number of halogens is 1. The van der Waals surface area contributed by atoms with Crippen LogP contribution in [0.3, 0.4) is 0 Å². The van der Waals surface area contributed by atoms with Gasteiger partial charge in [0.15, 0.2) is 0 Å². The van der Waals surface area contributed by atoms with Crippen LogP contribution in [0.25, 0.3) is 0 Å². The number of carbonyl (C=O) groups excluding carboxylic acids is 1. The van der Waals surface area contributed by atoms with E-state index in [9.17, 15) is 9.90 Å². The molecule has 0 aliphatic rings. The lowest BCUT2D eigenvalue weighted by atomic mass is 10.1. The third-order valence-electron chi connectivity index (χ3n) is 2.97. The van der Waals surface area contributed by atoms with Crippen LogP contribution in [0.4, 0.5) is 5.69 Å². The number of carbonyl (C=O) groups is 1. The second-order valence-electron chi connectivity index (χ2n) is 4.65. The average Bonchev–Trinajstić information content (AvgIpc) is 2.34. The lowest BCUT2D eigenvalue weighted by Crippen LogP contribution is -2.29. The zero-order valence-electron chi connectivity index (χ0n) is 11.5. The molecule has 4 nitrogen and oxygen atoms in total. The minimum Gasteiger partial charge on any atom is -0.399 e. The number of nitrogens with zero attached hydrogens (tertiary/aromatic N) is 1. The van der Waals surface area contributed by atoms with E-state index >= 15 is 0 Å². The maximum absolute atomic E-state index is 11.8. The lowest BCUT2D eigenvalue weighted by Gasteiger charge is -2.18. The molecule has 1 aromatic carbocycles. The van der Waals surface area contributed by atoms with Crippen LogP contribution in [-0.4, -0.2) is 35.6 Å². The van der Waals surface area contributed by atoms with Crippen LogP contribution in [0.15, 0.2) is 24.3 Å². The molecule has 0 saturated heterocycles. The minimum absolute atomic E-state index is 0. The van der Waals surface area contributed by atoms with Crippen molar-refractivity contribution >= 4 is 24.0 Å². The fourth-order valence-electron chi connectivity index (χ4n) is 1.70. The minimum atomic E-state index is -0.370. The van der Waals surface area contributed by atoms with Gasteiger partial charge in [0.05, 0.1) is 6.10 Å². The maximum atomic E-state index is 11.8. The number of aliphatic hydroxyl groups excluding tert-OH is 1. The van der Waals surface area contributed by atoms with Gasteiger partial charge in [0.25, 0.3) is 0 Å². The molecule has 0 aliphatic heterocycles. The van der Waals surface area contributed by atoms with Crippen LogP contribution < -0.4 is 5.73 Å². The molecule has 0 bridgehead atoms. The van der Waals surface area contributed by atoms with Gasteiger partial charge in [-0.1, -0.05) is 18.2 Å². The summed E-state index contributed by atoms with van der Waals surface area (Å²) < 4.78 is 0. The summed E-state index contributed by atoms with van der Waals surface area (Å²) >= 11 is 0. The summed E-state index contributed by atoms with van der Waals surface area (Å²) in [6.45, 7) is 2.31. The average molecular weight is 287 g/mol. The Morgan fingerprint density at radius 2 is 2.05 bits per heavy atom. The predicted molar refractivity (Wildman–Crippen MR) is 80.4 cm³/mol. The first-order valence-corrected chi connectivity index (χ1v) is 6.26. The van der Waals surface area contributed by atoms with Crippen molar-refractivity contribution in [3.8, 4) is 0 Å². The van der Waals surface area contributed by atoms with Crippen molar-refractivity contribution in [2.45, 2.75) is 32.3 Å². The standard InChI is InChI=1S/C14H22N2O2.ClH/c1-11(17)9-10-16(2)14(18)8-7-12-5-3-4-6-13(12)15;/h3-6,11,17H,7-10,15H2,1-2H3;1H. The van der Waals surface area contributed by atoms with E-state index in [1.165, 1.54) is 0 Å². The number of hydrogen-bond acceptors (Lipinski definition) is 3. The molecule has 1 amide bonds. The van der Waals surface area contributed by atoms with E-state index in [1.54, 1.807) is 18.9 Å². The third-order valence-corrected chi connectivity index (χ3v) is 2.97. The molecule has 3 N–H and O–H groups in total. The molecule has 1 unspecified atom stereocenters. The number of anilines is 1. The number of aliphatic hydroxyl groups is 1. The number of hydrogen-bond donors (Lipinski definition) is 2. The van der Waals surface area contributed by atoms with Crippen LogP contribution in [0, 0.1) is 0 Å². The van der Waals surface area contributed by atoms with E-state index in [0.29, 0.717) is 25.8 Å². The molecule has 0 radical (unpaired) electrons. The van der Waals surface area contributed by atoms with Crippen LogP contribution in [0.1, 0.15) is 25.3 Å². The molecule has 0 aliphatic carbocycles. The molecule has 0 heterocycles. The van der Waals surface area contributed by atoms with Crippen LogP contribution in [0.5, 0.6) is 0 Å². The van der Waals surface area contributed by atoms with Gasteiger partial charge in [-0.2, -0.15) is 0 Å². The van der Waals surface area contributed by atoms with E-state index in [4.69, 9.17) is 5.73 Å². The summed E-state index contributed by atoms with van der Waals surface area (Å²) in [6, 6.07) is 7.60. The largest absolute Gasteiger partial charge is 0.399 e. The Hall–Kier alpha value is -1.26. The van der Waals surface area contributed by atoms with Gasteiger partial charge < -0.3 is 15.7 Å². The zero-order valence-corrected chi connectivity index (χ0v) is 12.3. The van der Waals surface area contributed by atoms with Crippen molar-refractivity contribution in [1.29, 1.82) is 0 Å². The molecule has 1 atom stereocenters. The van der Waals surface area contributed by atoms with E-state index in [-0.39, 0.29) is 24.4 Å². The summed E-state index contributed by atoms with van der Waals surface area (Å²) in [5, 5.41) is 9.17. The van der Waals surface area contributed by atoms with Gasteiger partial charge >= 0.3 is 0 Å².